The van der Waals surface area contributed by atoms with Crippen LogP contribution in [0.25, 0.3) is 22.2 Å². The Bertz CT molecular complexity index is 1830. The number of ether oxygens (including phenoxy) is 1. The van der Waals surface area contributed by atoms with Crippen LogP contribution in [0, 0.1) is 17.3 Å². The molecule has 0 aliphatic carbocycles. The molecule has 0 radical (unpaired) electrons. The van der Waals surface area contributed by atoms with Crippen LogP contribution in [0.2, 0.25) is 24.7 Å². The molecule has 8 nitrogen and oxygen atoms in total. The molecule has 3 aromatic rings. The van der Waals surface area contributed by atoms with E-state index >= 15 is 4.39 Å². The molecule has 48 heavy (non-hydrogen) atoms. The average Bonchev–Trinajstić information content (AvgIpc) is 3.64. The van der Waals surface area contributed by atoms with Crippen molar-refractivity contribution < 1.29 is 26.7 Å². The molecule has 2 bridgehead atoms. The summed E-state index contributed by atoms with van der Waals surface area (Å²) in [5.41, 5.74) is 5.17. The summed E-state index contributed by atoms with van der Waals surface area (Å²) in [5, 5.41) is 3.49. The predicted octanol–water partition coefficient (Wildman–Crippen LogP) is 6.21. The molecular weight excluding hydrogens is 669 g/mol. The first-order valence-corrected chi connectivity index (χ1v) is 20.1. The highest BCUT2D eigenvalue weighted by molar-refractivity contribution is 6.83. The number of aromatic nitrogens is 3. The van der Waals surface area contributed by atoms with Gasteiger partial charge in [-0.3, -0.25) is 4.90 Å². The van der Waals surface area contributed by atoms with Crippen LogP contribution in [0.4, 0.5) is 33.6 Å². The highest BCUT2D eigenvalue weighted by atomic mass is 35.5. The minimum absolute atomic E-state index is 0.0986. The summed E-state index contributed by atoms with van der Waals surface area (Å²) in [6, 6.07) is 2.69. The van der Waals surface area contributed by atoms with Gasteiger partial charge in [0.05, 0.1) is 27.4 Å². The summed E-state index contributed by atoms with van der Waals surface area (Å²) in [4.78, 5) is 17.2. The molecule has 0 saturated carbocycles. The molecular formula is C33H37ClF5N7OSi. The van der Waals surface area contributed by atoms with Crippen molar-refractivity contribution in [1.82, 2.24) is 25.2 Å². The quantitative estimate of drug-likeness (QED) is 0.184. The Balaban J connectivity index is 1.39. The SMILES string of the molecule is C[Si](C)(C)C#Cc1cc(N)nc(-c2c(Cl)cc3c(N4C[C@H]5CC[C@@H](C4)N5)nc(OC[C@@]45CCCN4C[C@H](F)C5)nc3c2F)c1C(F)(F)F. The maximum absolute atomic E-state index is 16.9. The zero-order valence-corrected chi connectivity index (χ0v) is 28.7. The van der Waals surface area contributed by atoms with Gasteiger partial charge in [-0.1, -0.05) is 37.2 Å². The summed E-state index contributed by atoms with van der Waals surface area (Å²) in [7, 11) is -2.11. The highest BCUT2D eigenvalue weighted by Crippen LogP contribution is 2.45. The van der Waals surface area contributed by atoms with Gasteiger partial charge in [-0.05, 0) is 44.4 Å². The lowest BCUT2D eigenvalue weighted by Gasteiger charge is -2.34. The van der Waals surface area contributed by atoms with E-state index in [1.165, 1.54) is 6.07 Å². The molecule has 4 atom stereocenters. The average molecular weight is 706 g/mol. The molecule has 7 rings (SSSR count). The van der Waals surface area contributed by atoms with Crippen molar-refractivity contribution in [2.75, 3.05) is 43.4 Å². The Morgan fingerprint density at radius 2 is 1.85 bits per heavy atom. The first-order valence-electron chi connectivity index (χ1n) is 16.2. The molecule has 0 unspecified atom stereocenters. The Labute approximate surface area is 281 Å². The van der Waals surface area contributed by atoms with E-state index in [0.29, 0.717) is 31.9 Å². The van der Waals surface area contributed by atoms with Crippen molar-refractivity contribution in [3.63, 3.8) is 0 Å². The molecule has 1 aromatic carbocycles. The number of hydrogen-bond donors (Lipinski definition) is 2. The molecule has 2 aromatic heterocycles. The fourth-order valence-electron chi connectivity index (χ4n) is 7.69. The Kier molecular flexibility index (Phi) is 8.29. The number of nitrogens with zero attached hydrogens (tertiary/aromatic N) is 5. The summed E-state index contributed by atoms with van der Waals surface area (Å²) in [5.74, 6) is 1.64. The zero-order chi connectivity index (χ0) is 34.2. The third-order valence-corrected chi connectivity index (χ3v) is 10.9. The number of halogens is 6. The van der Waals surface area contributed by atoms with Crippen LogP contribution < -0.4 is 20.7 Å². The number of alkyl halides is 4. The van der Waals surface area contributed by atoms with Gasteiger partial charge in [0, 0.05) is 49.1 Å². The van der Waals surface area contributed by atoms with E-state index in [1.54, 1.807) is 0 Å². The molecule has 256 valence electrons. The molecule has 0 spiro atoms. The third kappa shape index (κ3) is 6.19. The number of pyridine rings is 1. The predicted molar refractivity (Wildman–Crippen MR) is 178 cm³/mol. The highest BCUT2D eigenvalue weighted by Gasteiger charge is 2.49. The lowest BCUT2D eigenvalue weighted by molar-refractivity contribution is -0.137. The van der Waals surface area contributed by atoms with E-state index in [9.17, 15) is 17.6 Å². The van der Waals surface area contributed by atoms with E-state index in [1.807, 2.05) is 24.5 Å². The first-order chi connectivity index (χ1) is 22.6. The van der Waals surface area contributed by atoms with Crippen LogP contribution in [0.15, 0.2) is 12.1 Å². The number of nitrogens with two attached hydrogens (primary N) is 1. The normalized spacial score (nSPS) is 25.8. The van der Waals surface area contributed by atoms with Gasteiger partial charge in [0.15, 0.2) is 5.82 Å². The van der Waals surface area contributed by atoms with Crippen LogP contribution in [0.1, 0.15) is 43.2 Å². The smallest absolute Gasteiger partial charge is 0.419 e. The monoisotopic (exact) mass is 705 g/mol. The minimum atomic E-state index is -4.96. The fourth-order valence-corrected chi connectivity index (χ4v) is 8.48. The fraction of sp³-hybridized carbons (Fsp3) is 0.545. The van der Waals surface area contributed by atoms with E-state index in [4.69, 9.17) is 27.1 Å². The number of nitrogens with one attached hydrogen (secondary N) is 1. The van der Waals surface area contributed by atoms with E-state index < -0.39 is 54.2 Å². The maximum Gasteiger partial charge on any atom is 0.419 e. The van der Waals surface area contributed by atoms with E-state index in [-0.39, 0.29) is 46.4 Å². The van der Waals surface area contributed by atoms with Gasteiger partial charge in [-0.15, -0.1) is 5.54 Å². The van der Waals surface area contributed by atoms with Crippen molar-refractivity contribution in [2.24, 2.45) is 0 Å². The standard InChI is InChI=1S/C33H37ClF5N7OSi/c1-48(2,3)10-7-18-11-24(40)42-29(26(18)33(37,38)39)25-23(34)12-22-28(27(25)36)43-31(44-30(22)45-15-20-5-6-21(16-45)41-20)47-17-32-8-4-9-46(32)14-19(35)13-32/h11-12,19-21,41H,4-6,8-9,13-17H2,1-3H3,(H2,40,42)/t19-,20-,21+,32+/m1/s1. The number of nitrogen functional groups attached to an aromatic ring is 1. The Morgan fingerprint density at radius 1 is 1.12 bits per heavy atom. The molecule has 4 aliphatic rings. The van der Waals surface area contributed by atoms with Gasteiger partial charge < -0.3 is 20.7 Å². The number of piperazine rings is 1. The van der Waals surface area contributed by atoms with E-state index in [2.05, 4.69) is 31.6 Å². The van der Waals surface area contributed by atoms with Crippen LogP contribution >= 0.6 is 11.6 Å². The zero-order valence-electron chi connectivity index (χ0n) is 26.9. The lowest BCUT2D eigenvalue weighted by Crippen LogP contribution is -2.51. The molecule has 15 heteroatoms. The largest absolute Gasteiger partial charge is 0.461 e. The molecule has 4 fully saturated rings. The minimum Gasteiger partial charge on any atom is -0.461 e. The number of anilines is 2. The van der Waals surface area contributed by atoms with Crippen molar-refractivity contribution in [3.8, 4) is 28.7 Å². The second kappa shape index (κ2) is 12.0. The molecule has 0 amide bonds. The number of fused-ring (bicyclic) bond motifs is 4. The summed E-state index contributed by atoms with van der Waals surface area (Å²) in [6.45, 7) is 8.03. The first kappa shape index (κ1) is 33.3. The van der Waals surface area contributed by atoms with Gasteiger partial charge in [0.2, 0.25) is 0 Å². The Morgan fingerprint density at radius 3 is 2.54 bits per heavy atom. The lowest BCUT2D eigenvalue weighted by atomic mass is 9.95. The number of rotatable bonds is 5. The maximum atomic E-state index is 16.9. The van der Waals surface area contributed by atoms with Gasteiger partial charge in [0.1, 0.15) is 38.0 Å². The third-order valence-electron chi connectivity index (χ3n) is 9.72. The number of benzene rings is 1. The molecule has 4 saturated heterocycles. The van der Waals surface area contributed by atoms with Crippen LogP contribution in [0.3, 0.4) is 0 Å². The molecule has 6 heterocycles. The van der Waals surface area contributed by atoms with Crippen molar-refractivity contribution in [3.05, 3.63) is 34.1 Å². The number of hydrogen-bond acceptors (Lipinski definition) is 8. The van der Waals surface area contributed by atoms with Crippen LogP contribution in [-0.4, -0.2) is 84.5 Å². The van der Waals surface area contributed by atoms with Crippen molar-refractivity contribution in [2.45, 2.75) is 81.7 Å². The second-order valence-electron chi connectivity index (χ2n) is 14.5. The second-order valence-corrected chi connectivity index (χ2v) is 19.7. The van der Waals surface area contributed by atoms with E-state index in [0.717, 1.165) is 38.3 Å². The van der Waals surface area contributed by atoms with Gasteiger partial charge in [-0.2, -0.15) is 23.1 Å². The van der Waals surface area contributed by atoms with Crippen molar-refractivity contribution in [1.29, 1.82) is 0 Å². The van der Waals surface area contributed by atoms with Crippen LogP contribution in [0.5, 0.6) is 6.01 Å². The summed E-state index contributed by atoms with van der Waals surface area (Å²) < 4.78 is 81.9. The van der Waals surface area contributed by atoms with Gasteiger partial charge in [-0.25, -0.2) is 13.8 Å². The van der Waals surface area contributed by atoms with Crippen molar-refractivity contribution >= 4 is 42.2 Å². The molecule has 3 N–H and O–H groups in total. The van der Waals surface area contributed by atoms with Gasteiger partial charge in [0.25, 0.3) is 0 Å². The van der Waals surface area contributed by atoms with Crippen LogP contribution in [-0.2, 0) is 6.18 Å². The Hall–Kier alpha value is -3.25. The summed E-state index contributed by atoms with van der Waals surface area (Å²) in [6.07, 6.45) is -2.04. The molecule has 4 aliphatic heterocycles. The summed E-state index contributed by atoms with van der Waals surface area (Å²) >= 11 is 6.68. The topological polar surface area (TPSA) is 92.4 Å². The van der Waals surface area contributed by atoms with Gasteiger partial charge >= 0.3 is 12.2 Å².